The maximum Gasteiger partial charge on any atom is 0.332 e. The minimum Gasteiger partial charge on any atom is -0.425 e. The Balaban J connectivity index is 1.12. The molecule has 0 heterocycles. The highest BCUT2D eigenvalue weighted by molar-refractivity contribution is 5.84. The second-order valence-electron chi connectivity index (χ2n) is 12.4. The van der Waals surface area contributed by atoms with Crippen molar-refractivity contribution in [3.8, 4) is 0 Å². The van der Waals surface area contributed by atoms with Gasteiger partial charge in [-0.3, -0.25) is 4.79 Å². The molecule has 1 aromatic rings. The van der Waals surface area contributed by atoms with Gasteiger partial charge in [0, 0.05) is 18.8 Å². The van der Waals surface area contributed by atoms with E-state index in [4.69, 9.17) is 19.9 Å². The van der Waals surface area contributed by atoms with Crippen LogP contribution in [0, 0.1) is 40.8 Å². The molecule has 0 aromatic heterocycles. The molecule has 0 aliphatic heterocycles. The summed E-state index contributed by atoms with van der Waals surface area (Å²) in [5.41, 5.74) is 3.55. The highest BCUT2D eigenvalue weighted by Crippen LogP contribution is 2.67. The summed E-state index contributed by atoms with van der Waals surface area (Å²) in [6.07, 6.45) is 4.56. The Kier molecular flexibility index (Phi) is 5.55. The van der Waals surface area contributed by atoms with Gasteiger partial charge in [0.2, 0.25) is 6.29 Å². The average molecular weight is 504 g/mol. The molecular weight excluding hydrogens is 468 g/mol. The molecule has 6 aliphatic carbocycles. The van der Waals surface area contributed by atoms with Gasteiger partial charge in [0.05, 0.1) is 18.1 Å². The van der Waals surface area contributed by atoms with E-state index in [0.717, 1.165) is 19.3 Å². The maximum absolute atomic E-state index is 15.0. The number of hydrogen-bond donors (Lipinski definition) is 1. The third-order valence-corrected chi connectivity index (χ3v) is 9.88. The smallest absolute Gasteiger partial charge is 0.332 e. The molecule has 196 valence electrons. The Bertz CT molecular complexity index is 1020. The number of carbonyl (C=O) groups excluding carboxylic acids is 2. The van der Waals surface area contributed by atoms with Crippen LogP contribution in [0.3, 0.4) is 0 Å². The van der Waals surface area contributed by atoms with E-state index in [2.05, 4.69) is 0 Å². The van der Waals surface area contributed by atoms with E-state index in [0.29, 0.717) is 23.3 Å². The first-order valence-corrected chi connectivity index (χ1v) is 13.3. The molecule has 0 spiro atoms. The van der Waals surface area contributed by atoms with Gasteiger partial charge in [-0.25, -0.2) is 13.6 Å². The zero-order valence-corrected chi connectivity index (χ0v) is 20.9. The molecule has 1 aromatic carbocycles. The SMILES string of the molecule is C[C@@H](OC(=O)C12CC3CC(CC(C3)C1)C2)OC(=O)[C@]1(N)C(OCc2ccc(F)cc2)CC2[C@H]1[C@]2(C)F. The van der Waals surface area contributed by atoms with Gasteiger partial charge in [0.15, 0.2) is 0 Å². The van der Waals surface area contributed by atoms with E-state index in [1.807, 2.05) is 0 Å². The Morgan fingerprint density at radius 2 is 1.56 bits per heavy atom. The number of carbonyl (C=O) groups is 2. The lowest BCUT2D eigenvalue weighted by atomic mass is 9.49. The van der Waals surface area contributed by atoms with Crippen molar-refractivity contribution in [2.75, 3.05) is 0 Å². The predicted molar refractivity (Wildman–Crippen MR) is 125 cm³/mol. The fraction of sp³-hybridized carbons (Fsp3) is 0.714. The van der Waals surface area contributed by atoms with E-state index in [1.165, 1.54) is 45.2 Å². The van der Waals surface area contributed by atoms with Crippen LogP contribution < -0.4 is 5.73 Å². The quantitative estimate of drug-likeness (QED) is 0.437. The lowest BCUT2D eigenvalue weighted by Crippen LogP contribution is -2.61. The van der Waals surface area contributed by atoms with Crippen LogP contribution in [-0.4, -0.2) is 35.5 Å². The third kappa shape index (κ3) is 3.78. The summed E-state index contributed by atoms with van der Waals surface area (Å²) < 4.78 is 45.5. The number of benzene rings is 1. The molecule has 0 amide bonds. The molecule has 6 atom stereocenters. The first kappa shape index (κ1) is 24.3. The van der Waals surface area contributed by atoms with Crippen molar-refractivity contribution in [2.45, 2.75) is 89.0 Å². The summed E-state index contributed by atoms with van der Waals surface area (Å²) in [5, 5.41) is 0. The summed E-state index contributed by atoms with van der Waals surface area (Å²) in [6, 6.07) is 5.83. The van der Waals surface area contributed by atoms with Crippen molar-refractivity contribution in [1.82, 2.24) is 0 Å². The van der Waals surface area contributed by atoms with Crippen molar-refractivity contribution in [3.63, 3.8) is 0 Å². The number of hydrogen-bond acceptors (Lipinski definition) is 6. The molecule has 2 N–H and O–H groups in total. The molecule has 0 radical (unpaired) electrons. The standard InChI is InChI=1S/C28H35F2NO5/c1-15(35-24(32)27-11-17-7-18(12-27)9-19(8-17)13-27)36-25(33)28(31)22(10-21-23(28)26(21,2)30)34-14-16-3-5-20(29)6-4-16/h3-6,15,17-19,21-23H,7-14,31H2,1-2H3/t15-,17?,18?,19?,21?,22?,23-,26+,27?,28-/m0/s1. The molecule has 4 bridgehead atoms. The molecule has 8 heteroatoms. The summed E-state index contributed by atoms with van der Waals surface area (Å²) in [7, 11) is 0. The van der Waals surface area contributed by atoms with Gasteiger partial charge in [0.25, 0.3) is 0 Å². The summed E-state index contributed by atoms with van der Waals surface area (Å²) in [5.74, 6) is -0.848. The molecule has 36 heavy (non-hydrogen) atoms. The number of rotatable bonds is 7. The van der Waals surface area contributed by atoms with Crippen molar-refractivity contribution < 1.29 is 32.6 Å². The van der Waals surface area contributed by atoms with Gasteiger partial charge in [0.1, 0.15) is 17.0 Å². The molecule has 6 aliphatic rings. The minimum atomic E-state index is -1.70. The molecule has 0 saturated heterocycles. The molecule has 6 nitrogen and oxygen atoms in total. The first-order chi connectivity index (χ1) is 17.0. The summed E-state index contributed by atoms with van der Waals surface area (Å²) in [4.78, 5) is 26.6. The van der Waals surface area contributed by atoms with Gasteiger partial charge >= 0.3 is 11.9 Å². The number of ether oxygens (including phenoxy) is 3. The zero-order chi connectivity index (χ0) is 25.5. The normalized spacial score (nSPS) is 44.7. The number of alkyl halides is 1. The molecule has 6 fully saturated rings. The van der Waals surface area contributed by atoms with E-state index < -0.39 is 46.8 Å². The van der Waals surface area contributed by atoms with Crippen molar-refractivity contribution in [3.05, 3.63) is 35.6 Å². The summed E-state index contributed by atoms with van der Waals surface area (Å²) in [6.45, 7) is 3.07. The predicted octanol–water partition coefficient (Wildman–Crippen LogP) is 4.44. The molecule has 2 unspecified atom stereocenters. The highest BCUT2D eigenvalue weighted by Gasteiger charge is 2.79. The Morgan fingerprint density at radius 1 is 1.00 bits per heavy atom. The van der Waals surface area contributed by atoms with Gasteiger partial charge < -0.3 is 19.9 Å². The largest absolute Gasteiger partial charge is 0.425 e. The van der Waals surface area contributed by atoms with Crippen molar-refractivity contribution in [2.24, 2.45) is 40.7 Å². The molecule has 6 saturated carbocycles. The van der Waals surface area contributed by atoms with Crippen LogP contribution >= 0.6 is 0 Å². The Hall–Kier alpha value is -2.06. The van der Waals surface area contributed by atoms with Gasteiger partial charge in [-0.2, -0.15) is 0 Å². The van der Waals surface area contributed by atoms with Crippen LogP contribution in [-0.2, 0) is 30.4 Å². The van der Waals surface area contributed by atoms with E-state index in [-0.39, 0.29) is 24.8 Å². The second-order valence-corrected chi connectivity index (χ2v) is 12.4. The summed E-state index contributed by atoms with van der Waals surface area (Å²) >= 11 is 0. The number of esters is 2. The fourth-order valence-corrected chi connectivity index (χ4v) is 8.51. The van der Waals surface area contributed by atoms with Crippen molar-refractivity contribution >= 4 is 11.9 Å². The van der Waals surface area contributed by atoms with Crippen LogP contribution in [0.1, 0.15) is 64.4 Å². The Labute approximate surface area is 210 Å². The molecular formula is C28H35F2NO5. The first-order valence-electron chi connectivity index (χ1n) is 13.3. The highest BCUT2D eigenvalue weighted by atomic mass is 19.1. The lowest BCUT2D eigenvalue weighted by molar-refractivity contribution is -0.206. The average Bonchev–Trinajstić information content (AvgIpc) is 3.18. The Morgan fingerprint density at radius 3 is 2.14 bits per heavy atom. The third-order valence-electron chi connectivity index (χ3n) is 9.88. The van der Waals surface area contributed by atoms with E-state index in [9.17, 15) is 14.0 Å². The molecule has 7 rings (SSSR count). The number of nitrogens with two attached hydrogens (primary N) is 1. The fourth-order valence-electron chi connectivity index (χ4n) is 8.51. The number of fused-ring (bicyclic) bond motifs is 1. The lowest BCUT2D eigenvalue weighted by Gasteiger charge is -2.55. The van der Waals surface area contributed by atoms with Crippen LogP contribution in [0.2, 0.25) is 0 Å². The topological polar surface area (TPSA) is 87.9 Å². The zero-order valence-electron chi connectivity index (χ0n) is 20.9. The van der Waals surface area contributed by atoms with Crippen LogP contribution in [0.5, 0.6) is 0 Å². The van der Waals surface area contributed by atoms with Gasteiger partial charge in [-0.1, -0.05) is 12.1 Å². The van der Waals surface area contributed by atoms with Crippen molar-refractivity contribution in [1.29, 1.82) is 0 Å². The van der Waals surface area contributed by atoms with Gasteiger partial charge in [-0.05, 0) is 87.3 Å². The van der Waals surface area contributed by atoms with Gasteiger partial charge in [-0.15, -0.1) is 0 Å². The van der Waals surface area contributed by atoms with Crippen LogP contribution in [0.15, 0.2) is 24.3 Å². The van der Waals surface area contributed by atoms with E-state index >= 15 is 4.39 Å². The monoisotopic (exact) mass is 503 g/mol. The second kappa shape index (κ2) is 8.22. The minimum absolute atomic E-state index is 0.107. The van der Waals surface area contributed by atoms with Crippen LogP contribution in [0.4, 0.5) is 8.78 Å². The van der Waals surface area contributed by atoms with E-state index in [1.54, 1.807) is 12.1 Å². The number of halogens is 2. The van der Waals surface area contributed by atoms with Crippen LogP contribution in [0.25, 0.3) is 0 Å². The maximum atomic E-state index is 15.0.